The smallest absolute Gasteiger partial charge is 0.302 e. The lowest BCUT2D eigenvalue weighted by Gasteiger charge is -2.05. The Balaban J connectivity index is 2.16. The van der Waals surface area contributed by atoms with Gasteiger partial charge in [-0.25, -0.2) is 0 Å². The molecule has 2 rings (SSSR count). The number of hydrogen-bond donors (Lipinski definition) is 0. The van der Waals surface area contributed by atoms with E-state index in [2.05, 4.69) is 0 Å². The van der Waals surface area contributed by atoms with E-state index in [0.29, 0.717) is 0 Å². The quantitative estimate of drug-likeness (QED) is 0.364. The topological polar surface area (TPSA) is 105 Å². The van der Waals surface area contributed by atoms with E-state index in [1.807, 2.05) is 0 Å². The van der Waals surface area contributed by atoms with E-state index in [4.69, 9.17) is 18.9 Å². The number of rotatable bonds is 8. The molecule has 0 amide bonds. The van der Waals surface area contributed by atoms with Gasteiger partial charge in [0.15, 0.2) is 0 Å². The lowest BCUT2D eigenvalue weighted by molar-refractivity contribution is -0.141. The van der Waals surface area contributed by atoms with Gasteiger partial charge in [0, 0.05) is 47.3 Å². The van der Waals surface area contributed by atoms with Crippen molar-refractivity contribution in [1.29, 1.82) is 0 Å². The van der Waals surface area contributed by atoms with E-state index in [1.54, 1.807) is 0 Å². The van der Waals surface area contributed by atoms with Crippen LogP contribution >= 0.6 is 47.0 Å². The van der Waals surface area contributed by atoms with Gasteiger partial charge in [0.25, 0.3) is 0 Å². The van der Waals surface area contributed by atoms with Crippen molar-refractivity contribution < 1.29 is 38.1 Å². The Labute approximate surface area is 190 Å². The number of carbonyl (C=O) groups is 4. The van der Waals surface area contributed by atoms with Gasteiger partial charge in [-0.1, -0.05) is 47.0 Å². The van der Waals surface area contributed by atoms with Crippen molar-refractivity contribution in [3.63, 3.8) is 0 Å². The van der Waals surface area contributed by atoms with E-state index in [9.17, 15) is 19.2 Å². The molecular formula is C18H20O8S4. The molecule has 2 aliphatic heterocycles. The van der Waals surface area contributed by atoms with E-state index in [1.165, 1.54) is 74.7 Å². The third kappa shape index (κ3) is 7.97. The highest BCUT2D eigenvalue weighted by molar-refractivity contribution is 8.34. The molecule has 0 bridgehead atoms. The zero-order chi connectivity index (χ0) is 22.3. The Kier molecular flexibility index (Phi) is 9.72. The van der Waals surface area contributed by atoms with Crippen molar-refractivity contribution >= 4 is 70.9 Å². The lowest BCUT2D eigenvalue weighted by Crippen LogP contribution is -2.05. The molecule has 8 nitrogen and oxygen atoms in total. The van der Waals surface area contributed by atoms with Crippen molar-refractivity contribution in [3.05, 3.63) is 28.1 Å². The van der Waals surface area contributed by atoms with Crippen LogP contribution in [-0.4, -0.2) is 50.3 Å². The van der Waals surface area contributed by atoms with Crippen molar-refractivity contribution in [2.24, 2.45) is 0 Å². The minimum absolute atomic E-state index is 0.0871. The van der Waals surface area contributed by atoms with Crippen LogP contribution in [0.5, 0.6) is 0 Å². The summed E-state index contributed by atoms with van der Waals surface area (Å²) in [6.07, 6.45) is 0. The fourth-order valence-corrected chi connectivity index (χ4v) is 7.42. The maximum absolute atomic E-state index is 11.2. The van der Waals surface area contributed by atoms with Gasteiger partial charge in [0.1, 0.15) is 26.4 Å². The summed E-state index contributed by atoms with van der Waals surface area (Å²) in [5.74, 6) is -1.61. The molecule has 0 N–H and O–H groups in total. The molecule has 0 radical (unpaired) electrons. The highest BCUT2D eigenvalue weighted by Gasteiger charge is 2.31. The Bertz CT molecular complexity index is 711. The van der Waals surface area contributed by atoms with Crippen molar-refractivity contribution in [3.8, 4) is 0 Å². The summed E-state index contributed by atoms with van der Waals surface area (Å²) in [5, 5.41) is 0. The van der Waals surface area contributed by atoms with Crippen LogP contribution in [-0.2, 0) is 38.1 Å². The Morgan fingerprint density at radius 2 is 0.700 bits per heavy atom. The minimum atomic E-state index is -0.403. The molecule has 0 unspecified atom stereocenters. The molecule has 0 aromatic heterocycles. The van der Waals surface area contributed by atoms with Gasteiger partial charge in [-0.05, 0) is 0 Å². The van der Waals surface area contributed by atoms with Crippen molar-refractivity contribution in [1.82, 2.24) is 0 Å². The van der Waals surface area contributed by atoms with Crippen LogP contribution < -0.4 is 0 Å². The highest BCUT2D eigenvalue weighted by Crippen LogP contribution is 2.59. The third-order valence-electron chi connectivity index (χ3n) is 3.28. The summed E-state index contributed by atoms with van der Waals surface area (Å²) in [4.78, 5) is 47.9. The fourth-order valence-electron chi connectivity index (χ4n) is 1.99. The first-order valence-corrected chi connectivity index (χ1v) is 11.9. The molecule has 164 valence electrons. The van der Waals surface area contributed by atoms with Gasteiger partial charge in [-0.15, -0.1) is 0 Å². The minimum Gasteiger partial charge on any atom is -0.460 e. The van der Waals surface area contributed by atoms with Gasteiger partial charge in [0.05, 0.1) is 8.47 Å². The SMILES string of the molecule is CC(=O)OCC1=C(COC(C)=O)SC(=C2SC(COC(C)=O)=C(COC(C)=O)S2)S1. The van der Waals surface area contributed by atoms with Crippen LogP contribution in [0, 0.1) is 0 Å². The monoisotopic (exact) mass is 492 g/mol. The number of carbonyl (C=O) groups excluding carboxylic acids is 4. The Hall–Kier alpha value is -1.50. The first-order chi connectivity index (χ1) is 14.2. The van der Waals surface area contributed by atoms with Gasteiger partial charge in [-0.3, -0.25) is 19.2 Å². The summed E-state index contributed by atoms with van der Waals surface area (Å²) < 4.78 is 22.3. The van der Waals surface area contributed by atoms with Crippen LogP contribution in [0.15, 0.2) is 28.1 Å². The van der Waals surface area contributed by atoms with Gasteiger partial charge in [-0.2, -0.15) is 0 Å². The fraction of sp³-hybridized carbons (Fsp3) is 0.444. The van der Waals surface area contributed by atoms with E-state index >= 15 is 0 Å². The van der Waals surface area contributed by atoms with E-state index in [0.717, 1.165) is 28.1 Å². The highest BCUT2D eigenvalue weighted by atomic mass is 32.2. The summed E-state index contributed by atoms with van der Waals surface area (Å²) >= 11 is 5.73. The molecule has 0 atom stereocenters. The molecule has 2 aliphatic rings. The molecule has 0 aromatic carbocycles. The first kappa shape index (κ1) is 24.8. The lowest BCUT2D eigenvalue weighted by atomic mass is 10.5. The molecule has 0 aliphatic carbocycles. The Morgan fingerprint density at radius 1 is 0.500 bits per heavy atom. The van der Waals surface area contributed by atoms with Crippen molar-refractivity contribution in [2.45, 2.75) is 27.7 Å². The standard InChI is InChI=1S/C18H20O8S4/c1-9(19)23-5-13-14(6-24-10(2)20)28-17(27-13)18-29-15(7-25-11(3)21)16(30-18)8-26-12(4)22/h5-8H2,1-4H3. The normalized spacial score (nSPS) is 16.1. The van der Waals surface area contributed by atoms with E-state index < -0.39 is 23.9 Å². The second-order valence-corrected chi connectivity index (χ2v) is 10.7. The van der Waals surface area contributed by atoms with Crippen LogP contribution in [0.25, 0.3) is 0 Å². The second-order valence-electron chi connectivity index (χ2n) is 5.80. The summed E-state index contributed by atoms with van der Waals surface area (Å²) in [5.41, 5.74) is 0. The molecule has 2 heterocycles. The molecule has 0 spiro atoms. The number of thioether (sulfide) groups is 4. The maximum atomic E-state index is 11.2. The summed E-state index contributed by atoms with van der Waals surface area (Å²) in [6, 6.07) is 0. The van der Waals surface area contributed by atoms with Crippen LogP contribution in [0.4, 0.5) is 0 Å². The van der Waals surface area contributed by atoms with Crippen molar-refractivity contribution in [2.75, 3.05) is 26.4 Å². The molecule has 12 heteroatoms. The van der Waals surface area contributed by atoms with Gasteiger partial charge < -0.3 is 18.9 Å². The average molecular weight is 493 g/mol. The second kappa shape index (κ2) is 11.8. The summed E-state index contributed by atoms with van der Waals surface area (Å²) in [6.45, 7) is 5.66. The predicted octanol–water partition coefficient (Wildman–Crippen LogP) is 3.75. The molecule has 30 heavy (non-hydrogen) atoms. The van der Waals surface area contributed by atoms with Gasteiger partial charge in [0.2, 0.25) is 0 Å². The summed E-state index contributed by atoms with van der Waals surface area (Å²) in [7, 11) is 0. The van der Waals surface area contributed by atoms with Crippen LogP contribution in [0.1, 0.15) is 27.7 Å². The van der Waals surface area contributed by atoms with E-state index in [-0.39, 0.29) is 26.4 Å². The predicted molar refractivity (Wildman–Crippen MR) is 118 cm³/mol. The zero-order valence-corrected chi connectivity index (χ0v) is 20.0. The molecule has 0 aromatic rings. The van der Waals surface area contributed by atoms with Crippen LogP contribution in [0.2, 0.25) is 0 Å². The maximum Gasteiger partial charge on any atom is 0.302 e. The number of esters is 4. The molecule has 0 saturated carbocycles. The zero-order valence-electron chi connectivity index (χ0n) is 16.7. The largest absolute Gasteiger partial charge is 0.460 e. The van der Waals surface area contributed by atoms with Crippen LogP contribution in [0.3, 0.4) is 0 Å². The average Bonchev–Trinajstić information content (AvgIpc) is 3.24. The first-order valence-electron chi connectivity index (χ1n) is 8.58. The number of ether oxygens (including phenoxy) is 4. The number of hydrogen-bond acceptors (Lipinski definition) is 12. The molecule has 0 saturated heterocycles. The Morgan fingerprint density at radius 3 is 0.867 bits per heavy atom. The molecule has 0 fully saturated rings. The molecular weight excluding hydrogens is 472 g/mol. The third-order valence-corrected chi connectivity index (χ3v) is 9.05. The van der Waals surface area contributed by atoms with Gasteiger partial charge >= 0.3 is 23.9 Å².